The van der Waals surface area contributed by atoms with Crippen molar-refractivity contribution in [3.8, 4) is 28.1 Å². The number of hydrogen-bond donors (Lipinski definition) is 1. The average molecular weight is 509 g/mol. The molecular weight excluding hydrogens is 471 g/mol. The highest BCUT2D eigenvalue weighted by molar-refractivity contribution is 5.84. The van der Waals surface area contributed by atoms with Crippen LogP contribution in [-0.2, 0) is 22.5 Å². The normalized spacial score (nSPS) is 17.6. The third-order valence-electron chi connectivity index (χ3n) is 7.24. The molecule has 0 spiro atoms. The highest BCUT2D eigenvalue weighted by atomic mass is 19.1. The quantitative estimate of drug-likeness (QED) is 0.319. The molecule has 0 amide bonds. The maximum atomic E-state index is 15.7. The number of rotatable bonds is 11. The van der Waals surface area contributed by atoms with Crippen LogP contribution in [0.5, 0.6) is 5.75 Å². The van der Waals surface area contributed by atoms with E-state index in [9.17, 15) is 4.79 Å². The van der Waals surface area contributed by atoms with Gasteiger partial charge in [-0.1, -0.05) is 43.7 Å². The van der Waals surface area contributed by atoms with Crippen LogP contribution in [0.4, 0.5) is 4.39 Å². The monoisotopic (exact) mass is 508 g/mol. The smallest absolute Gasteiger partial charge is 0.329 e. The molecule has 0 unspecified atom stereocenters. The molecule has 4 rings (SSSR count). The van der Waals surface area contributed by atoms with Gasteiger partial charge in [0.25, 0.3) is 0 Å². The lowest BCUT2D eigenvalue weighted by atomic mass is 9.82. The fraction of sp³-hybridized carbons (Fsp3) is 0.467. The second-order valence-electron chi connectivity index (χ2n) is 10.1. The first-order valence-corrected chi connectivity index (χ1v) is 13.2. The van der Waals surface area contributed by atoms with Gasteiger partial charge in [-0.25, -0.2) is 9.18 Å². The Morgan fingerprint density at radius 1 is 1.14 bits per heavy atom. The van der Waals surface area contributed by atoms with E-state index < -0.39 is 5.97 Å². The number of carbonyl (C=O) groups is 1. The van der Waals surface area contributed by atoms with Crippen LogP contribution in [0.25, 0.3) is 22.4 Å². The van der Waals surface area contributed by atoms with Crippen LogP contribution < -0.4 is 4.74 Å². The van der Waals surface area contributed by atoms with E-state index in [0.29, 0.717) is 24.0 Å². The number of carboxylic acid groups (broad SMARTS) is 1. The Hall–Kier alpha value is -3.19. The zero-order valence-corrected chi connectivity index (χ0v) is 22.0. The van der Waals surface area contributed by atoms with Gasteiger partial charge in [-0.15, -0.1) is 0 Å². The van der Waals surface area contributed by atoms with Crippen molar-refractivity contribution in [3.63, 3.8) is 0 Å². The van der Waals surface area contributed by atoms with Crippen LogP contribution in [-0.4, -0.2) is 41.2 Å². The lowest BCUT2D eigenvalue weighted by Crippen LogP contribution is -2.23. The van der Waals surface area contributed by atoms with Gasteiger partial charge in [0.1, 0.15) is 12.3 Å². The molecule has 1 heterocycles. The number of ether oxygens (including phenoxy) is 2. The summed E-state index contributed by atoms with van der Waals surface area (Å²) in [6.07, 6.45) is 5.81. The van der Waals surface area contributed by atoms with Gasteiger partial charge in [-0.05, 0) is 68.6 Å². The number of aromatic nitrogens is 2. The summed E-state index contributed by atoms with van der Waals surface area (Å²) < 4.78 is 28.5. The third-order valence-corrected chi connectivity index (χ3v) is 7.24. The van der Waals surface area contributed by atoms with Crippen molar-refractivity contribution < 1.29 is 23.8 Å². The number of nitrogens with zero attached hydrogens (tertiary/aromatic N) is 2. The van der Waals surface area contributed by atoms with Crippen LogP contribution in [0.3, 0.4) is 0 Å². The number of halogens is 1. The van der Waals surface area contributed by atoms with Gasteiger partial charge >= 0.3 is 5.97 Å². The zero-order valence-electron chi connectivity index (χ0n) is 22.0. The van der Waals surface area contributed by atoms with Gasteiger partial charge in [-0.2, -0.15) is 5.10 Å². The van der Waals surface area contributed by atoms with Crippen molar-refractivity contribution >= 4 is 5.97 Å². The molecule has 37 heavy (non-hydrogen) atoms. The van der Waals surface area contributed by atoms with Crippen LogP contribution in [0.2, 0.25) is 0 Å². The van der Waals surface area contributed by atoms with Crippen LogP contribution in [0.15, 0.2) is 42.5 Å². The van der Waals surface area contributed by atoms with Gasteiger partial charge in [-0.3, -0.25) is 4.68 Å². The maximum absolute atomic E-state index is 15.7. The number of aliphatic carboxylic acids is 1. The lowest BCUT2D eigenvalue weighted by molar-refractivity contribution is -0.142. The highest BCUT2D eigenvalue weighted by Crippen LogP contribution is 2.40. The molecule has 1 fully saturated rings. The summed E-state index contributed by atoms with van der Waals surface area (Å²) in [7, 11) is 1.50. The fourth-order valence-electron chi connectivity index (χ4n) is 5.42. The molecule has 0 bridgehead atoms. The Morgan fingerprint density at radius 2 is 1.84 bits per heavy atom. The lowest BCUT2D eigenvalue weighted by Gasteiger charge is -2.28. The molecule has 0 atom stereocenters. The second-order valence-corrected chi connectivity index (χ2v) is 10.1. The number of benzene rings is 2. The summed E-state index contributed by atoms with van der Waals surface area (Å²) in [6.45, 7) is 5.13. The predicted molar refractivity (Wildman–Crippen MR) is 142 cm³/mol. The number of carboxylic acids is 1. The first-order valence-electron chi connectivity index (χ1n) is 13.2. The maximum Gasteiger partial charge on any atom is 0.329 e. The summed E-state index contributed by atoms with van der Waals surface area (Å²) in [5.41, 5.74) is 5.14. The van der Waals surface area contributed by atoms with Gasteiger partial charge < -0.3 is 14.6 Å². The minimum atomic E-state index is -0.927. The summed E-state index contributed by atoms with van der Waals surface area (Å²) in [5.74, 6) is -0.188. The topological polar surface area (TPSA) is 73.6 Å². The molecule has 1 aliphatic rings. The Labute approximate surface area is 218 Å². The third kappa shape index (κ3) is 6.39. The second kappa shape index (κ2) is 12.4. The minimum Gasteiger partial charge on any atom is -0.494 e. The molecule has 6 nitrogen and oxygen atoms in total. The van der Waals surface area contributed by atoms with Gasteiger partial charge in [0.15, 0.2) is 11.6 Å². The van der Waals surface area contributed by atoms with E-state index >= 15 is 4.39 Å². The van der Waals surface area contributed by atoms with E-state index in [-0.39, 0.29) is 18.2 Å². The van der Waals surface area contributed by atoms with E-state index in [0.717, 1.165) is 73.1 Å². The fourth-order valence-corrected chi connectivity index (χ4v) is 5.42. The minimum absolute atomic E-state index is 0.237. The Balaban J connectivity index is 1.67. The summed E-state index contributed by atoms with van der Waals surface area (Å²) >= 11 is 0. The van der Waals surface area contributed by atoms with E-state index in [1.807, 2.05) is 43.3 Å². The van der Waals surface area contributed by atoms with Crippen molar-refractivity contribution in [2.75, 3.05) is 20.3 Å². The molecule has 7 heteroatoms. The van der Waals surface area contributed by atoms with Crippen molar-refractivity contribution in [1.82, 2.24) is 9.78 Å². The van der Waals surface area contributed by atoms with E-state index in [1.165, 1.54) is 7.11 Å². The van der Waals surface area contributed by atoms with Crippen molar-refractivity contribution in [2.24, 2.45) is 11.8 Å². The molecule has 0 saturated heterocycles. The zero-order chi connectivity index (χ0) is 26.4. The predicted octanol–water partition coefficient (Wildman–Crippen LogP) is 6.53. The van der Waals surface area contributed by atoms with E-state index in [2.05, 4.69) is 11.6 Å². The highest BCUT2D eigenvalue weighted by Gasteiger charge is 2.27. The molecule has 2 aromatic carbocycles. The van der Waals surface area contributed by atoms with Crippen molar-refractivity contribution in [2.45, 2.75) is 58.9 Å². The Kier molecular flexibility index (Phi) is 8.98. The molecular formula is C30H37FN2O4. The number of methoxy groups -OCH3 is 1. The van der Waals surface area contributed by atoms with Gasteiger partial charge in [0.2, 0.25) is 0 Å². The van der Waals surface area contributed by atoms with E-state index in [4.69, 9.17) is 19.7 Å². The standard InChI is InChI=1S/C30H37FN2O4/c1-4-8-25-28(24-15-20(2)16-26(36-3)29(24)31)30(23-9-6-5-7-10-23)32-33(25)17-21-11-13-22(14-12-21)18-37-19-27(34)35/h5-7,9-10,15-16,21-22H,4,8,11-14,17-19H2,1-3H3,(H,34,35). The summed E-state index contributed by atoms with van der Waals surface area (Å²) in [5, 5.41) is 13.9. The van der Waals surface area contributed by atoms with Crippen LogP contribution >= 0.6 is 0 Å². The molecule has 1 N–H and O–H groups in total. The van der Waals surface area contributed by atoms with Crippen molar-refractivity contribution in [1.29, 1.82) is 0 Å². The first-order chi connectivity index (χ1) is 17.9. The number of aryl methyl sites for hydroxylation is 1. The molecule has 1 saturated carbocycles. The molecule has 198 valence electrons. The average Bonchev–Trinajstić information content (AvgIpc) is 3.24. The van der Waals surface area contributed by atoms with E-state index in [1.54, 1.807) is 6.07 Å². The molecule has 0 aliphatic heterocycles. The summed E-state index contributed by atoms with van der Waals surface area (Å²) in [6, 6.07) is 13.6. The van der Waals surface area contributed by atoms with Gasteiger partial charge in [0.05, 0.1) is 13.7 Å². The first kappa shape index (κ1) is 26.9. The summed E-state index contributed by atoms with van der Waals surface area (Å²) in [4.78, 5) is 10.7. The van der Waals surface area contributed by atoms with Crippen LogP contribution in [0.1, 0.15) is 50.3 Å². The molecule has 1 aromatic heterocycles. The Morgan fingerprint density at radius 3 is 2.49 bits per heavy atom. The molecule has 0 radical (unpaired) electrons. The number of hydrogen-bond acceptors (Lipinski definition) is 4. The largest absolute Gasteiger partial charge is 0.494 e. The molecule has 3 aromatic rings. The SMILES string of the molecule is CCCc1c(-c2cc(C)cc(OC)c2F)c(-c2ccccc2)nn1CC1CCC(COCC(=O)O)CC1. The molecule has 1 aliphatic carbocycles. The van der Waals surface area contributed by atoms with Gasteiger partial charge in [0, 0.05) is 28.9 Å². The Bertz CT molecular complexity index is 1200. The van der Waals surface area contributed by atoms with Crippen LogP contribution in [0, 0.1) is 24.6 Å². The van der Waals surface area contributed by atoms with Crippen molar-refractivity contribution in [3.05, 3.63) is 59.5 Å².